The molecule has 1 aromatic rings. The maximum Gasteiger partial charge on any atom is 0.0323 e. The van der Waals surface area contributed by atoms with E-state index in [-0.39, 0.29) is 0 Å². The van der Waals surface area contributed by atoms with Crippen LogP contribution in [0.1, 0.15) is 63.1 Å². The molecule has 1 atom stereocenters. The van der Waals surface area contributed by atoms with E-state index in [1.807, 2.05) is 6.08 Å². The molecule has 1 heteroatoms. The van der Waals surface area contributed by atoms with Crippen molar-refractivity contribution >= 4 is 0 Å². The normalized spacial score (nSPS) is 12.7. The molecule has 0 aliphatic heterocycles. The smallest absolute Gasteiger partial charge is 0.0323 e. The lowest BCUT2D eigenvalue weighted by molar-refractivity contribution is 0.503. The van der Waals surface area contributed by atoms with Gasteiger partial charge in [0.15, 0.2) is 0 Å². The summed E-state index contributed by atoms with van der Waals surface area (Å²) in [5.74, 6) is 0.606. The van der Waals surface area contributed by atoms with E-state index in [1.165, 1.54) is 17.5 Å². The minimum Gasteiger partial charge on any atom is -0.310 e. The van der Waals surface area contributed by atoms with Crippen molar-refractivity contribution in [2.45, 2.75) is 52.0 Å². The molecule has 1 rings (SSSR count). The molecule has 0 aromatic heterocycles. The SMILES string of the molecule is C=CCCC(NCCC)c1ccc(C(C)C)cc1. The van der Waals surface area contributed by atoms with Gasteiger partial charge in [-0.25, -0.2) is 0 Å². The first-order valence-corrected chi connectivity index (χ1v) is 7.13. The van der Waals surface area contributed by atoms with Gasteiger partial charge in [-0.1, -0.05) is 51.1 Å². The van der Waals surface area contributed by atoms with Gasteiger partial charge >= 0.3 is 0 Å². The monoisotopic (exact) mass is 245 g/mol. The van der Waals surface area contributed by atoms with Crippen LogP contribution >= 0.6 is 0 Å². The molecule has 0 saturated heterocycles. The lowest BCUT2D eigenvalue weighted by Gasteiger charge is -2.19. The molecule has 0 amide bonds. The van der Waals surface area contributed by atoms with Gasteiger partial charge in [0.25, 0.3) is 0 Å². The Labute approximate surface area is 112 Å². The molecule has 0 spiro atoms. The Morgan fingerprint density at radius 1 is 1.17 bits per heavy atom. The summed E-state index contributed by atoms with van der Waals surface area (Å²) in [6.07, 6.45) is 5.37. The summed E-state index contributed by atoms with van der Waals surface area (Å²) in [4.78, 5) is 0. The van der Waals surface area contributed by atoms with Crippen molar-refractivity contribution in [3.8, 4) is 0 Å². The fourth-order valence-electron chi connectivity index (χ4n) is 2.10. The highest BCUT2D eigenvalue weighted by atomic mass is 14.9. The van der Waals surface area contributed by atoms with E-state index in [9.17, 15) is 0 Å². The average molecular weight is 245 g/mol. The molecular weight excluding hydrogens is 218 g/mol. The van der Waals surface area contributed by atoms with Gasteiger partial charge < -0.3 is 5.32 Å². The molecule has 1 N–H and O–H groups in total. The van der Waals surface area contributed by atoms with Crippen molar-refractivity contribution in [1.82, 2.24) is 5.32 Å². The molecule has 18 heavy (non-hydrogen) atoms. The summed E-state index contributed by atoms with van der Waals surface area (Å²) in [6.45, 7) is 11.6. The van der Waals surface area contributed by atoms with E-state index in [0.717, 1.165) is 19.4 Å². The fourth-order valence-corrected chi connectivity index (χ4v) is 2.10. The van der Waals surface area contributed by atoms with Crippen LogP contribution in [0, 0.1) is 0 Å². The van der Waals surface area contributed by atoms with Crippen LogP contribution in [0.3, 0.4) is 0 Å². The van der Waals surface area contributed by atoms with Crippen LogP contribution in [0.15, 0.2) is 36.9 Å². The second-order valence-electron chi connectivity index (χ2n) is 5.19. The fraction of sp³-hybridized carbons (Fsp3) is 0.529. The van der Waals surface area contributed by atoms with Crippen LogP contribution < -0.4 is 5.32 Å². The quantitative estimate of drug-likeness (QED) is 0.648. The summed E-state index contributed by atoms with van der Waals surface area (Å²) >= 11 is 0. The maximum absolute atomic E-state index is 3.82. The van der Waals surface area contributed by atoms with Crippen LogP contribution in [0.25, 0.3) is 0 Å². The molecule has 1 nitrogen and oxygen atoms in total. The lowest BCUT2D eigenvalue weighted by Crippen LogP contribution is -2.22. The number of benzene rings is 1. The largest absolute Gasteiger partial charge is 0.310 e. The van der Waals surface area contributed by atoms with Gasteiger partial charge in [-0.05, 0) is 42.9 Å². The van der Waals surface area contributed by atoms with Gasteiger partial charge in [0.05, 0.1) is 0 Å². The topological polar surface area (TPSA) is 12.0 Å². The Morgan fingerprint density at radius 3 is 2.28 bits per heavy atom. The first-order valence-electron chi connectivity index (χ1n) is 7.13. The van der Waals surface area contributed by atoms with Gasteiger partial charge in [0.2, 0.25) is 0 Å². The second-order valence-corrected chi connectivity index (χ2v) is 5.19. The number of hydrogen-bond donors (Lipinski definition) is 1. The summed E-state index contributed by atoms with van der Waals surface area (Å²) in [5.41, 5.74) is 2.81. The zero-order valence-electron chi connectivity index (χ0n) is 12.1. The number of allylic oxidation sites excluding steroid dienone is 1. The molecule has 0 fully saturated rings. The molecule has 0 aliphatic carbocycles. The van der Waals surface area contributed by atoms with Gasteiger partial charge in [0, 0.05) is 6.04 Å². The van der Waals surface area contributed by atoms with Crippen LogP contribution in [-0.4, -0.2) is 6.54 Å². The predicted octanol–water partition coefficient (Wildman–Crippen LogP) is 4.82. The molecule has 0 bridgehead atoms. The molecule has 0 aliphatic rings. The van der Waals surface area contributed by atoms with Gasteiger partial charge in [-0.15, -0.1) is 6.58 Å². The highest BCUT2D eigenvalue weighted by Crippen LogP contribution is 2.22. The molecule has 0 heterocycles. The zero-order chi connectivity index (χ0) is 13.4. The highest BCUT2D eigenvalue weighted by Gasteiger charge is 2.09. The maximum atomic E-state index is 3.82. The lowest BCUT2D eigenvalue weighted by atomic mass is 9.97. The number of rotatable bonds is 8. The van der Waals surface area contributed by atoms with Crippen molar-refractivity contribution in [3.05, 3.63) is 48.0 Å². The first kappa shape index (κ1) is 15.0. The van der Waals surface area contributed by atoms with Crippen molar-refractivity contribution in [2.75, 3.05) is 6.54 Å². The number of hydrogen-bond acceptors (Lipinski definition) is 1. The Morgan fingerprint density at radius 2 is 1.78 bits per heavy atom. The zero-order valence-corrected chi connectivity index (χ0v) is 12.1. The minimum absolute atomic E-state index is 0.462. The van der Waals surface area contributed by atoms with Crippen molar-refractivity contribution in [2.24, 2.45) is 0 Å². The third-order valence-corrected chi connectivity index (χ3v) is 3.31. The summed E-state index contributed by atoms with van der Waals surface area (Å²) < 4.78 is 0. The molecular formula is C17H27N. The van der Waals surface area contributed by atoms with Crippen LogP contribution in [0.5, 0.6) is 0 Å². The van der Waals surface area contributed by atoms with Crippen molar-refractivity contribution in [1.29, 1.82) is 0 Å². The predicted molar refractivity (Wildman–Crippen MR) is 81.0 cm³/mol. The van der Waals surface area contributed by atoms with Crippen LogP contribution in [-0.2, 0) is 0 Å². The van der Waals surface area contributed by atoms with Gasteiger partial charge in [0.1, 0.15) is 0 Å². The molecule has 100 valence electrons. The number of nitrogens with one attached hydrogen (secondary N) is 1. The average Bonchev–Trinajstić information content (AvgIpc) is 2.39. The Bertz CT molecular complexity index is 337. The first-order chi connectivity index (χ1) is 8.69. The van der Waals surface area contributed by atoms with E-state index in [0.29, 0.717) is 12.0 Å². The third-order valence-electron chi connectivity index (χ3n) is 3.31. The van der Waals surface area contributed by atoms with Crippen LogP contribution in [0.2, 0.25) is 0 Å². The van der Waals surface area contributed by atoms with Crippen LogP contribution in [0.4, 0.5) is 0 Å². The van der Waals surface area contributed by atoms with E-state index in [4.69, 9.17) is 0 Å². The van der Waals surface area contributed by atoms with Gasteiger partial charge in [-0.3, -0.25) is 0 Å². The Balaban J connectivity index is 2.73. The van der Waals surface area contributed by atoms with Crippen molar-refractivity contribution < 1.29 is 0 Å². The summed E-state index contributed by atoms with van der Waals surface area (Å²) in [5, 5.41) is 3.62. The highest BCUT2D eigenvalue weighted by molar-refractivity contribution is 5.27. The van der Waals surface area contributed by atoms with E-state index in [2.05, 4.69) is 56.9 Å². The Kier molecular flexibility index (Phi) is 6.74. The third kappa shape index (κ3) is 4.66. The van der Waals surface area contributed by atoms with Gasteiger partial charge in [-0.2, -0.15) is 0 Å². The molecule has 1 aromatic carbocycles. The second kappa shape index (κ2) is 8.10. The Hall–Kier alpha value is -1.08. The summed E-state index contributed by atoms with van der Waals surface area (Å²) in [7, 11) is 0. The summed E-state index contributed by atoms with van der Waals surface area (Å²) in [6, 6.07) is 9.52. The molecule has 1 unspecified atom stereocenters. The standard InChI is InChI=1S/C17H27N/c1-5-7-8-17(18-13-6-2)16-11-9-15(10-12-16)14(3)4/h5,9-12,14,17-18H,1,6-8,13H2,2-4H3. The molecule has 0 radical (unpaired) electrons. The molecule has 0 saturated carbocycles. The van der Waals surface area contributed by atoms with Crippen molar-refractivity contribution in [3.63, 3.8) is 0 Å². The minimum atomic E-state index is 0.462. The van der Waals surface area contributed by atoms with E-state index in [1.54, 1.807) is 0 Å². The van der Waals surface area contributed by atoms with E-state index < -0.39 is 0 Å². The van der Waals surface area contributed by atoms with E-state index >= 15 is 0 Å².